The van der Waals surface area contributed by atoms with Crippen molar-refractivity contribution < 1.29 is 14.9 Å². The Morgan fingerprint density at radius 3 is 2.68 bits per heavy atom. The van der Waals surface area contributed by atoms with E-state index in [0.717, 1.165) is 31.5 Å². The summed E-state index contributed by atoms with van der Waals surface area (Å²) >= 11 is 0. The maximum Gasteiger partial charge on any atom is 0.226 e. The van der Waals surface area contributed by atoms with Crippen molar-refractivity contribution in [3.63, 3.8) is 0 Å². The van der Waals surface area contributed by atoms with Crippen molar-refractivity contribution in [1.29, 1.82) is 0 Å². The van der Waals surface area contributed by atoms with Crippen LogP contribution in [0.5, 0.6) is 11.5 Å². The number of ether oxygens (including phenoxy) is 1. The summed E-state index contributed by atoms with van der Waals surface area (Å²) in [5.41, 5.74) is 1.16. The van der Waals surface area contributed by atoms with Gasteiger partial charge in [-0.25, -0.2) is 4.98 Å². The van der Waals surface area contributed by atoms with E-state index in [4.69, 9.17) is 4.74 Å². The molecular weight excluding hydrogens is 396 g/mol. The Hall–Kier alpha value is -3.07. The van der Waals surface area contributed by atoms with Crippen LogP contribution in [0.2, 0.25) is 0 Å². The number of aromatic nitrogens is 4. The van der Waals surface area contributed by atoms with E-state index in [0.29, 0.717) is 41.7 Å². The number of fused-ring (bicyclic) bond motifs is 1. The summed E-state index contributed by atoms with van der Waals surface area (Å²) in [6.07, 6.45) is 5.09. The number of unbranched alkanes of at least 4 members (excludes halogenated alkanes) is 2. The minimum absolute atomic E-state index is 0.170. The number of aromatic hydroxyl groups is 1. The first-order valence-electron chi connectivity index (χ1n) is 10.6. The lowest BCUT2D eigenvalue weighted by Crippen LogP contribution is -2.30. The molecule has 0 aliphatic carbocycles. The molecule has 0 radical (unpaired) electrons. The van der Waals surface area contributed by atoms with Crippen LogP contribution >= 0.6 is 0 Å². The summed E-state index contributed by atoms with van der Waals surface area (Å²) in [6, 6.07) is 5.08. The van der Waals surface area contributed by atoms with Gasteiger partial charge >= 0.3 is 0 Å². The van der Waals surface area contributed by atoms with Crippen LogP contribution < -0.4 is 15.4 Å². The highest BCUT2D eigenvalue weighted by molar-refractivity contribution is 5.84. The molecule has 0 aliphatic heterocycles. The molecule has 0 fully saturated rings. The van der Waals surface area contributed by atoms with Crippen LogP contribution in [0.4, 0.5) is 11.8 Å². The van der Waals surface area contributed by atoms with E-state index < -0.39 is 5.60 Å². The molecule has 0 aliphatic rings. The molecule has 0 atom stereocenters. The fourth-order valence-electron chi connectivity index (χ4n) is 3.15. The minimum Gasteiger partial charge on any atom is -0.508 e. The molecule has 0 saturated heterocycles. The molecule has 2 aromatic heterocycles. The van der Waals surface area contributed by atoms with Gasteiger partial charge in [0.15, 0.2) is 17.0 Å². The van der Waals surface area contributed by atoms with E-state index in [1.807, 2.05) is 4.57 Å². The number of hydrogen-bond donors (Lipinski definition) is 4. The second-order valence-corrected chi connectivity index (χ2v) is 8.23. The Balaban J connectivity index is 1.90. The zero-order valence-electron chi connectivity index (χ0n) is 18.6. The monoisotopic (exact) mass is 428 g/mol. The molecule has 4 N–H and O–H groups in total. The highest BCUT2D eigenvalue weighted by Gasteiger charge is 2.17. The number of methoxy groups -OCH3 is 1. The number of aryl methyl sites for hydroxylation is 1. The summed E-state index contributed by atoms with van der Waals surface area (Å²) in [6.45, 7) is 7.07. The third kappa shape index (κ3) is 5.97. The van der Waals surface area contributed by atoms with Crippen LogP contribution in [0, 0.1) is 0 Å². The zero-order chi connectivity index (χ0) is 22.4. The number of anilines is 2. The maximum absolute atomic E-state index is 10.2. The van der Waals surface area contributed by atoms with Gasteiger partial charge in [-0.15, -0.1) is 0 Å². The van der Waals surface area contributed by atoms with Crippen molar-refractivity contribution in [2.45, 2.75) is 58.7 Å². The van der Waals surface area contributed by atoms with E-state index in [1.54, 1.807) is 45.5 Å². The van der Waals surface area contributed by atoms with Crippen LogP contribution in [0.3, 0.4) is 0 Å². The molecule has 2 heterocycles. The minimum atomic E-state index is -0.903. The number of hydrogen-bond acceptors (Lipinski definition) is 8. The lowest BCUT2D eigenvalue weighted by molar-refractivity contribution is 0.0943. The number of phenols is 1. The summed E-state index contributed by atoms with van der Waals surface area (Å²) in [4.78, 5) is 13.7. The molecule has 1 aromatic carbocycles. The van der Waals surface area contributed by atoms with Gasteiger partial charge in [0.2, 0.25) is 5.95 Å². The van der Waals surface area contributed by atoms with Crippen molar-refractivity contribution in [1.82, 2.24) is 19.5 Å². The molecule has 0 unspecified atom stereocenters. The van der Waals surface area contributed by atoms with Crippen LogP contribution in [0.25, 0.3) is 11.2 Å². The molecular formula is C22H32N6O3. The average Bonchev–Trinajstić information content (AvgIpc) is 3.14. The molecule has 31 heavy (non-hydrogen) atoms. The van der Waals surface area contributed by atoms with Crippen LogP contribution in [-0.4, -0.2) is 49.0 Å². The van der Waals surface area contributed by atoms with Crippen molar-refractivity contribution in [3.05, 3.63) is 30.1 Å². The first-order chi connectivity index (χ1) is 14.8. The number of imidazole rings is 1. The molecule has 3 rings (SSSR count). The van der Waals surface area contributed by atoms with Crippen LogP contribution in [-0.2, 0) is 13.1 Å². The SMILES string of the molecule is CCCCCn1cnc2c(NCc3cc(OC)ccc3O)nc(NCC(C)(C)O)nc21. The van der Waals surface area contributed by atoms with Crippen molar-refractivity contribution >= 4 is 22.9 Å². The van der Waals surface area contributed by atoms with Gasteiger partial charge in [-0.2, -0.15) is 9.97 Å². The molecule has 0 saturated carbocycles. The number of aliphatic hydroxyl groups is 1. The Morgan fingerprint density at radius 2 is 1.97 bits per heavy atom. The first-order valence-corrected chi connectivity index (χ1v) is 10.6. The lowest BCUT2D eigenvalue weighted by Gasteiger charge is -2.18. The van der Waals surface area contributed by atoms with Crippen molar-refractivity contribution in [3.8, 4) is 11.5 Å². The van der Waals surface area contributed by atoms with Crippen molar-refractivity contribution in [2.24, 2.45) is 0 Å². The quantitative estimate of drug-likeness (QED) is 0.343. The second kappa shape index (κ2) is 9.82. The molecule has 0 amide bonds. The molecule has 9 heteroatoms. The Bertz CT molecular complexity index is 1010. The van der Waals surface area contributed by atoms with E-state index in [9.17, 15) is 10.2 Å². The van der Waals surface area contributed by atoms with Gasteiger partial charge in [-0.3, -0.25) is 0 Å². The summed E-state index contributed by atoms with van der Waals surface area (Å²) in [5.74, 6) is 1.79. The number of rotatable bonds is 11. The molecule has 9 nitrogen and oxygen atoms in total. The summed E-state index contributed by atoms with van der Waals surface area (Å²) in [7, 11) is 1.59. The van der Waals surface area contributed by atoms with Gasteiger partial charge in [0.25, 0.3) is 0 Å². The molecule has 0 bridgehead atoms. The predicted molar refractivity (Wildman–Crippen MR) is 122 cm³/mol. The van der Waals surface area contributed by atoms with E-state index in [1.165, 1.54) is 0 Å². The average molecular weight is 429 g/mol. The van der Waals surface area contributed by atoms with Crippen LogP contribution in [0.15, 0.2) is 24.5 Å². The normalized spacial score (nSPS) is 11.6. The van der Waals surface area contributed by atoms with E-state index in [2.05, 4.69) is 32.5 Å². The molecule has 0 spiro atoms. The van der Waals surface area contributed by atoms with Gasteiger partial charge < -0.3 is 30.2 Å². The standard InChI is InChI=1S/C22H32N6O3/c1-5-6-7-10-28-14-25-18-19(23-12-15-11-16(31-4)8-9-17(15)29)26-21(27-20(18)28)24-13-22(2,3)30/h8-9,11,14,29-30H,5-7,10,12-13H2,1-4H3,(H2,23,24,26,27). The zero-order valence-corrected chi connectivity index (χ0v) is 18.6. The maximum atomic E-state index is 10.2. The largest absolute Gasteiger partial charge is 0.508 e. The highest BCUT2D eigenvalue weighted by Crippen LogP contribution is 2.26. The summed E-state index contributed by atoms with van der Waals surface area (Å²) < 4.78 is 7.28. The lowest BCUT2D eigenvalue weighted by atomic mass is 10.1. The topological polar surface area (TPSA) is 117 Å². The summed E-state index contributed by atoms with van der Waals surface area (Å²) in [5, 5.41) is 26.6. The van der Waals surface area contributed by atoms with Crippen LogP contribution in [0.1, 0.15) is 45.6 Å². The predicted octanol–water partition coefficient (Wildman–Crippen LogP) is 3.53. The van der Waals surface area contributed by atoms with E-state index >= 15 is 0 Å². The Kier molecular flexibility index (Phi) is 7.17. The fraction of sp³-hybridized carbons (Fsp3) is 0.500. The number of benzene rings is 1. The third-order valence-corrected chi connectivity index (χ3v) is 4.88. The van der Waals surface area contributed by atoms with Gasteiger partial charge in [0.1, 0.15) is 11.5 Å². The smallest absolute Gasteiger partial charge is 0.226 e. The Labute approximate surface area is 182 Å². The number of nitrogens with zero attached hydrogens (tertiary/aromatic N) is 4. The fourth-order valence-corrected chi connectivity index (χ4v) is 3.15. The van der Waals surface area contributed by atoms with Gasteiger partial charge in [0, 0.05) is 25.2 Å². The highest BCUT2D eigenvalue weighted by atomic mass is 16.5. The molecule has 168 valence electrons. The van der Waals surface area contributed by atoms with Gasteiger partial charge in [-0.05, 0) is 38.5 Å². The van der Waals surface area contributed by atoms with Crippen molar-refractivity contribution in [2.75, 3.05) is 24.3 Å². The first kappa shape index (κ1) is 22.6. The van der Waals surface area contributed by atoms with Gasteiger partial charge in [-0.1, -0.05) is 19.8 Å². The third-order valence-electron chi connectivity index (χ3n) is 4.88. The van der Waals surface area contributed by atoms with E-state index in [-0.39, 0.29) is 5.75 Å². The second-order valence-electron chi connectivity index (χ2n) is 8.23. The number of nitrogens with one attached hydrogen (secondary N) is 2. The molecule has 3 aromatic rings. The number of phenolic OH excluding ortho intramolecular Hbond substituents is 1. The van der Waals surface area contributed by atoms with Gasteiger partial charge in [0.05, 0.1) is 19.0 Å². The Morgan fingerprint density at radius 1 is 1.16 bits per heavy atom.